The molecule has 0 aliphatic carbocycles. The van der Waals surface area contributed by atoms with Crippen molar-refractivity contribution in [3.8, 4) is 33.4 Å². The smallest absolute Gasteiger partial charge is 0.465 e. The zero-order chi connectivity index (χ0) is 93.1. The number of anilines is 3. The predicted octanol–water partition coefficient (Wildman–Crippen LogP) is 16.5. The summed E-state index contributed by atoms with van der Waals surface area (Å²) in [5.41, 5.74) is 6.80. The number of benzene rings is 8. The van der Waals surface area contributed by atoms with Gasteiger partial charge >= 0.3 is 60.9 Å². The molecule has 8 aromatic carbocycles. The molecular formula is C91H93B2BrF7LiN6O19S. The van der Waals surface area contributed by atoms with Gasteiger partial charge in [0.1, 0.15) is 74.0 Å². The Kier molecular flexibility index (Phi) is 35.1. The number of carbonyl (C=O) groups excluding carboxylic acids is 6. The molecule has 6 amide bonds. The molecule has 15 rings (SSSR count). The molecule has 7 N–H and O–H groups in total. The molecule has 0 unspecified atom stereocenters. The Labute approximate surface area is 755 Å². The van der Waals surface area contributed by atoms with E-state index in [1.54, 1.807) is 86.7 Å². The fraction of sp³-hybridized carbons (Fsp3) is 0.264. The van der Waals surface area contributed by atoms with Gasteiger partial charge in [0.05, 0.1) is 46.4 Å². The predicted molar refractivity (Wildman–Crippen MR) is 475 cm³/mol. The van der Waals surface area contributed by atoms with Gasteiger partial charge in [-0.25, -0.2) is 27.2 Å². The van der Waals surface area contributed by atoms with E-state index in [1.165, 1.54) is 59.9 Å². The normalized spacial score (nSPS) is 13.9. The topological polar surface area (TPSA) is 344 Å². The van der Waals surface area contributed by atoms with E-state index in [4.69, 9.17) is 52.2 Å². The fourth-order valence-corrected chi connectivity index (χ4v) is 13.0. The van der Waals surface area contributed by atoms with E-state index < -0.39 is 87.5 Å². The summed E-state index contributed by atoms with van der Waals surface area (Å²) >= 11 is 3.38. The summed E-state index contributed by atoms with van der Waals surface area (Å²) in [6.45, 7) is 24.9. The molecule has 25 nitrogen and oxygen atoms in total. The minimum Gasteiger partial charge on any atom is -0.465 e. The zero-order valence-electron chi connectivity index (χ0n) is 72.0. The third-order valence-corrected chi connectivity index (χ3v) is 20.9. The molecule has 7 heterocycles. The van der Waals surface area contributed by atoms with Crippen molar-refractivity contribution in [2.75, 3.05) is 42.1 Å². The molecule has 128 heavy (non-hydrogen) atoms. The Hall–Kier alpha value is -11.9. The molecule has 12 aromatic rings. The van der Waals surface area contributed by atoms with E-state index in [9.17, 15) is 67.9 Å². The molecular weight excluding hydrogens is 1750 g/mol. The number of primary amides is 1. The Morgan fingerprint density at radius 3 is 1.38 bits per heavy atom. The molecule has 0 bridgehead atoms. The van der Waals surface area contributed by atoms with Crippen LogP contribution in [0.25, 0.3) is 82.8 Å². The first kappa shape index (κ1) is 102. The van der Waals surface area contributed by atoms with Crippen LogP contribution < -0.4 is 51.7 Å². The van der Waals surface area contributed by atoms with Gasteiger partial charge in [-0.2, -0.15) is 28.0 Å². The minimum absolute atomic E-state index is 0. The number of nitrogens with two attached hydrogens (primary N) is 1. The number of amides is 6. The van der Waals surface area contributed by atoms with Gasteiger partial charge in [-0.3, -0.25) is 19.2 Å². The van der Waals surface area contributed by atoms with Crippen molar-refractivity contribution in [2.45, 2.75) is 130 Å². The Bertz CT molecular complexity index is 6090. The van der Waals surface area contributed by atoms with E-state index in [2.05, 4.69) is 49.9 Å². The number of unbranched alkanes of at least 4 members (excludes halogenated alkanes) is 1. The first-order valence-electron chi connectivity index (χ1n) is 39.5. The molecule has 0 saturated carbocycles. The first-order chi connectivity index (χ1) is 59.8. The average Bonchev–Trinajstić information content (AvgIpc) is 1.61. The molecule has 670 valence electrons. The number of carbonyl (C=O) groups is 6. The van der Waals surface area contributed by atoms with Crippen LogP contribution in [0, 0.1) is 30.2 Å². The SMILES string of the molecule is Brc1ccc2occc2c1.CC(C)(C)OC(=O)N1CC=C(OS(=O)(=O)C(F)(F)F)CC1.CC(C)(C)OC(=O)N1CC=C(c2cc3cc(-c4ccc(NC=O)c(F)c4)ccc3o2)CC1.CC1(C)OB(c2ccc(C(N)=O)c(F)c2)OC1(C)C.O=CNc1ccc(-c2ccc3oc(B(O)O)cc3c2)cc1F.O=CNc1ccc(-c2ccc3occc3c2)cc1F.[CH2-]CCC.[Li+]. The number of ether oxygens (including phenoxy) is 2. The Morgan fingerprint density at radius 2 is 0.977 bits per heavy atom. The minimum atomic E-state index is -5.67. The van der Waals surface area contributed by atoms with E-state index in [1.807, 2.05) is 127 Å². The molecule has 1 fully saturated rings. The van der Waals surface area contributed by atoms with Gasteiger partial charge in [-0.15, -0.1) is 0 Å². The number of nitrogens with zero attached hydrogens (tertiary/aromatic N) is 2. The van der Waals surface area contributed by atoms with Gasteiger partial charge in [0.2, 0.25) is 19.2 Å². The summed E-state index contributed by atoms with van der Waals surface area (Å²) in [5.74, 6) is -2.53. The van der Waals surface area contributed by atoms with Gasteiger partial charge in [0, 0.05) is 58.6 Å². The molecule has 0 atom stereocenters. The second kappa shape index (κ2) is 44.2. The average molecular weight is 1850 g/mol. The standard InChI is InChI=1S/C25H25FN2O4.C15H11BFNO4.C15H10FNO2.C13H17BFNO3.C11H16F3NO5S.C8H5BrO.C4H9.Li/c1-25(2,3)32-24(30)28-10-8-16(9-11-28)23-14-19-12-17(5-7-22(19)31-23)18-4-6-21(27-15-29)20(26)13-18;17-12-6-10(1-3-13(12)18-8-19)9-2-4-14-11(5-9)7-15(22-14)16(20)21;16-13-8-11(1-3-14(13)17-9-18)10-2-4-15-12(7-10)5-6-19-15;1-12(2)13(3,4)19-14(18-12)8-5-6-9(11(16)17)10(15)7-8;1-10(2,3)19-9(16)15-6-4-8(5-7-15)20-21(17,18)11(12,13)14;9-7-1-2-8-6(5-7)3-4-10-8;1-3-4-2;/h4-8,12-15H,9-11H2,1-3H3,(H,27,29);1-8,20-21H,(H,18,19);1-9H,(H,17,18);5-7H,1-4H3,(H2,16,17);4H,5-7H2,1-3H3;1-5H;1,3-4H2,2H3;/q;;;;;;-1;+1. The van der Waals surface area contributed by atoms with E-state index >= 15 is 0 Å². The number of nitrogens with one attached hydrogen (secondary N) is 3. The molecule has 3 aliphatic heterocycles. The van der Waals surface area contributed by atoms with Crippen LogP contribution in [0.5, 0.6) is 0 Å². The number of hydrogen-bond acceptors (Lipinski definition) is 19. The summed E-state index contributed by atoms with van der Waals surface area (Å²) in [6, 6.07) is 47.7. The molecule has 0 radical (unpaired) electrons. The quantitative estimate of drug-likeness (QED) is 0.0131. The molecule has 4 aromatic heterocycles. The van der Waals surface area contributed by atoms with E-state index in [-0.39, 0.29) is 78.5 Å². The van der Waals surface area contributed by atoms with Crippen molar-refractivity contribution in [3.63, 3.8) is 0 Å². The van der Waals surface area contributed by atoms with Crippen molar-refractivity contribution in [2.24, 2.45) is 5.73 Å². The number of fused-ring (bicyclic) bond motifs is 4. The van der Waals surface area contributed by atoms with Crippen LogP contribution in [0.2, 0.25) is 0 Å². The van der Waals surface area contributed by atoms with Crippen LogP contribution in [0.4, 0.5) is 57.4 Å². The maximum absolute atomic E-state index is 14.2. The number of furan rings is 4. The monoisotopic (exact) mass is 1850 g/mol. The van der Waals surface area contributed by atoms with Gasteiger partial charge in [0.25, 0.3) is 5.91 Å². The van der Waals surface area contributed by atoms with E-state index in [0.29, 0.717) is 66.3 Å². The first-order valence-corrected chi connectivity index (χ1v) is 41.7. The van der Waals surface area contributed by atoms with Crippen molar-refractivity contribution in [1.29, 1.82) is 0 Å². The maximum atomic E-state index is 14.2. The summed E-state index contributed by atoms with van der Waals surface area (Å²) in [6.07, 6.45) is 9.58. The van der Waals surface area contributed by atoms with Crippen molar-refractivity contribution in [1.82, 2.24) is 9.80 Å². The van der Waals surface area contributed by atoms with Gasteiger partial charge in [0.15, 0.2) is 0 Å². The van der Waals surface area contributed by atoms with Crippen molar-refractivity contribution < 1.29 is 137 Å². The molecule has 37 heteroatoms. The molecule has 3 aliphatic rings. The van der Waals surface area contributed by atoms with Gasteiger partial charge in [-0.1, -0.05) is 77.8 Å². The van der Waals surface area contributed by atoms with E-state index in [0.717, 1.165) is 83.5 Å². The van der Waals surface area contributed by atoms with Crippen LogP contribution in [0.3, 0.4) is 0 Å². The van der Waals surface area contributed by atoms with Crippen LogP contribution in [-0.4, -0.2) is 134 Å². The summed E-state index contributed by atoms with van der Waals surface area (Å²) in [4.78, 5) is 69.1. The third kappa shape index (κ3) is 27.8. The summed E-state index contributed by atoms with van der Waals surface area (Å²) in [7, 11) is -8.00. The largest absolute Gasteiger partial charge is 1.00 e. The second-order valence-electron chi connectivity index (χ2n) is 31.6. The maximum Gasteiger partial charge on any atom is 1.00 e. The van der Waals surface area contributed by atoms with Crippen molar-refractivity contribution >= 4 is 155 Å². The number of alkyl halides is 3. The van der Waals surface area contributed by atoms with Gasteiger partial charge < -0.3 is 89.1 Å². The summed E-state index contributed by atoms with van der Waals surface area (Å²) < 4.78 is 163. The van der Waals surface area contributed by atoms with Crippen molar-refractivity contribution in [3.05, 3.63) is 246 Å². The second-order valence-corrected chi connectivity index (χ2v) is 34.0. The zero-order valence-corrected chi connectivity index (χ0v) is 74.4. The summed E-state index contributed by atoms with van der Waals surface area (Å²) in [5, 5.41) is 28.8. The number of hydrogen-bond donors (Lipinski definition) is 6. The van der Waals surface area contributed by atoms with Crippen LogP contribution >= 0.6 is 15.9 Å². The fourth-order valence-electron chi connectivity index (χ4n) is 12.1. The Balaban J connectivity index is 0.000000192. The van der Waals surface area contributed by atoms with Gasteiger partial charge in [-0.05, 0) is 254 Å². The molecule has 1 saturated heterocycles. The Morgan fingerprint density at radius 1 is 0.562 bits per heavy atom. The third-order valence-electron chi connectivity index (χ3n) is 19.4. The van der Waals surface area contributed by atoms with Crippen LogP contribution in [0.1, 0.15) is 118 Å². The number of rotatable bonds is 16. The van der Waals surface area contributed by atoms with Crippen LogP contribution in [0.15, 0.2) is 222 Å². The van der Waals surface area contributed by atoms with Crippen LogP contribution in [-0.2, 0) is 47.5 Å². The number of halogens is 8. The molecule has 0 spiro atoms.